The van der Waals surface area contributed by atoms with Gasteiger partial charge < -0.3 is 4.90 Å². The first-order chi connectivity index (χ1) is 28.0. The van der Waals surface area contributed by atoms with E-state index in [0.29, 0.717) is 0 Å². The van der Waals surface area contributed by atoms with Crippen LogP contribution in [0.3, 0.4) is 0 Å². The molecule has 0 radical (unpaired) electrons. The SMILES string of the molecule is CC(C)(c1ccc(N(c2ccc(-c3ccccc3)cc2)c2ccc3c(c2)C2(c4ccccc4-c4ccccc42)c2ccccc2-3)cc1)c1ccc2ccccc2c1. The van der Waals surface area contributed by atoms with Crippen molar-refractivity contribution in [1.82, 2.24) is 0 Å². The van der Waals surface area contributed by atoms with Gasteiger partial charge in [-0.1, -0.05) is 190 Å². The fourth-order valence-corrected chi connectivity index (χ4v) is 9.87. The third-order valence-electron chi connectivity index (χ3n) is 12.8. The molecule has 0 aromatic heterocycles. The van der Waals surface area contributed by atoms with Gasteiger partial charge in [0.1, 0.15) is 0 Å². The number of anilines is 3. The Hall–Kier alpha value is -6.96. The molecule has 1 nitrogen and oxygen atoms in total. The van der Waals surface area contributed by atoms with E-state index in [2.05, 4.69) is 231 Å². The van der Waals surface area contributed by atoms with Gasteiger partial charge in [0.2, 0.25) is 0 Å². The largest absolute Gasteiger partial charge is 0.310 e. The van der Waals surface area contributed by atoms with Crippen molar-refractivity contribution in [2.45, 2.75) is 24.7 Å². The van der Waals surface area contributed by atoms with E-state index in [0.717, 1.165) is 17.1 Å². The van der Waals surface area contributed by atoms with Crippen molar-refractivity contribution >= 4 is 27.8 Å². The number of hydrogen-bond donors (Lipinski definition) is 0. The molecule has 0 atom stereocenters. The van der Waals surface area contributed by atoms with Crippen LogP contribution in [0.2, 0.25) is 0 Å². The Labute approximate surface area is 335 Å². The van der Waals surface area contributed by atoms with E-state index >= 15 is 0 Å². The molecule has 0 heterocycles. The predicted molar refractivity (Wildman–Crippen MR) is 239 cm³/mol. The fourth-order valence-electron chi connectivity index (χ4n) is 9.87. The molecule has 9 aromatic rings. The van der Waals surface area contributed by atoms with Crippen molar-refractivity contribution in [1.29, 1.82) is 0 Å². The minimum atomic E-state index is -0.411. The second-order valence-corrected chi connectivity index (χ2v) is 16.1. The molecular formula is C56H41N. The minimum absolute atomic E-state index is 0.181. The molecule has 0 amide bonds. The summed E-state index contributed by atoms with van der Waals surface area (Å²) >= 11 is 0. The summed E-state index contributed by atoms with van der Waals surface area (Å²) < 4.78 is 0. The van der Waals surface area contributed by atoms with Crippen LogP contribution < -0.4 is 4.90 Å². The zero-order valence-corrected chi connectivity index (χ0v) is 32.2. The highest BCUT2D eigenvalue weighted by molar-refractivity contribution is 5.96. The molecule has 0 saturated heterocycles. The summed E-state index contributed by atoms with van der Waals surface area (Å²) in [5, 5.41) is 2.54. The molecule has 11 rings (SSSR count). The first kappa shape index (κ1) is 33.4. The van der Waals surface area contributed by atoms with Crippen molar-refractivity contribution in [3.8, 4) is 33.4 Å². The molecule has 270 valence electrons. The van der Waals surface area contributed by atoms with Gasteiger partial charge in [0, 0.05) is 22.5 Å². The Morgan fingerprint density at radius 2 is 0.789 bits per heavy atom. The summed E-state index contributed by atoms with van der Waals surface area (Å²) in [7, 11) is 0. The maximum Gasteiger partial charge on any atom is 0.0726 e. The Morgan fingerprint density at radius 3 is 1.40 bits per heavy atom. The normalized spacial score (nSPS) is 13.2. The van der Waals surface area contributed by atoms with Crippen molar-refractivity contribution in [3.05, 3.63) is 246 Å². The van der Waals surface area contributed by atoms with Crippen LogP contribution in [0, 0.1) is 0 Å². The van der Waals surface area contributed by atoms with E-state index in [4.69, 9.17) is 0 Å². The lowest BCUT2D eigenvalue weighted by atomic mass is 9.70. The van der Waals surface area contributed by atoms with Gasteiger partial charge >= 0.3 is 0 Å². The van der Waals surface area contributed by atoms with E-state index in [1.54, 1.807) is 0 Å². The number of hydrogen-bond acceptors (Lipinski definition) is 1. The molecule has 0 unspecified atom stereocenters. The summed E-state index contributed by atoms with van der Waals surface area (Å²) in [6, 6.07) is 78.8. The van der Waals surface area contributed by atoms with E-state index < -0.39 is 5.41 Å². The third-order valence-corrected chi connectivity index (χ3v) is 12.8. The lowest BCUT2D eigenvalue weighted by Gasteiger charge is -2.32. The molecule has 0 bridgehead atoms. The average molecular weight is 728 g/mol. The molecule has 2 aliphatic carbocycles. The smallest absolute Gasteiger partial charge is 0.0726 e. The monoisotopic (exact) mass is 727 g/mol. The molecule has 0 N–H and O–H groups in total. The van der Waals surface area contributed by atoms with Gasteiger partial charge in [-0.15, -0.1) is 0 Å². The second kappa shape index (κ2) is 12.8. The average Bonchev–Trinajstić information content (AvgIpc) is 3.74. The van der Waals surface area contributed by atoms with Crippen LogP contribution in [0.4, 0.5) is 17.1 Å². The highest BCUT2D eigenvalue weighted by Crippen LogP contribution is 2.63. The lowest BCUT2D eigenvalue weighted by Crippen LogP contribution is -2.26. The summed E-state index contributed by atoms with van der Waals surface area (Å²) in [6.45, 7) is 4.67. The molecule has 9 aromatic carbocycles. The summed E-state index contributed by atoms with van der Waals surface area (Å²) in [4.78, 5) is 2.44. The minimum Gasteiger partial charge on any atom is -0.310 e. The van der Waals surface area contributed by atoms with Crippen LogP contribution in [-0.2, 0) is 10.8 Å². The topological polar surface area (TPSA) is 3.24 Å². The van der Waals surface area contributed by atoms with E-state index in [9.17, 15) is 0 Å². The fraction of sp³-hybridized carbons (Fsp3) is 0.0714. The first-order valence-electron chi connectivity index (χ1n) is 20.0. The standard InChI is InChI=1S/C56H41N/c1-55(2,43-27-24-39-16-6-7-17-41(39)36-43)42-28-32-45(33-29-42)57(44-30-25-40(26-31-44)38-14-4-3-5-15-38)46-34-35-50-49-20-10-13-23-53(49)56(54(50)37-46)51-21-11-8-18-47(51)48-19-9-12-22-52(48)56/h3-37H,1-2H3. The quantitative estimate of drug-likeness (QED) is 0.165. The van der Waals surface area contributed by atoms with Crippen LogP contribution in [0.25, 0.3) is 44.2 Å². The van der Waals surface area contributed by atoms with Gasteiger partial charge in [0.05, 0.1) is 5.41 Å². The Bertz CT molecular complexity index is 2910. The molecule has 2 aliphatic rings. The molecule has 1 heteroatoms. The zero-order valence-electron chi connectivity index (χ0n) is 32.2. The molecular weight excluding hydrogens is 687 g/mol. The van der Waals surface area contributed by atoms with Crippen molar-refractivity contribution in [2.24, 2.45) is 0 Å². The number of fused-ring (bicyclic) bond motifs is 11. The van der Waals surface area contributed by atoms with Gasteiger partial charge in [-0.3, -0.25) is 0 Å². The Kier molecular flexibility index (Phi) is 7.50. The van der Waals surface area contributed by atoms with Crippen LogP contribution in [0.15, 0.2) is 212 Å². The predicted octanol–water partition coefficient (Wildman–Crippen LogP) is 14.6. The maximum atomic E-state index is 2.48. The van der Waals surface area contributed by atoms with Crippen LogP contribution in [-0.4, -0.2) is 0 Å². The van der Waals surface area contributed by atoms with Crippen molar-refractivity contribution in [3.63, 3.8) is 0 Å². The highest BCUT2D eigenvalue weighted by atomic mass is 15.1. The maximum absolute atomic E-state index is 2.48. The van der Waals surface area contributed by atoms with Crippen molar-refractivity contribution < 1.29 is 0 Å². The van der Waals surface area contributed by atoms with Crippen molar-refractivity contribution in [2.75, 3.05) is 4.90 Å². The number of nitrogens with zero attached hydrogens (tertiary/aromatic N) is 1. The number of rotatable bonds is 6. The second-order valence-electron chi connectivity index (χ2n) is 16.1. The zero-order chi connectivity index (χ0) is 38.1. The van der Waals surface area contributed by atoms with Crippen LogP contribution in [0.5, 0.6) is 0 Å². The lowest BCUT2D eigenvalue weighted by molar-refractivity contribution is 0.642. The molecule has 57 heavy (non-hydrogen) atoms. The van der Waals surface area contributed by atoms with Gasteiger partial charge in [-0.25, -0.2) is 0 Å². The molecule has 0 aliphatic heterocycles. The van der Waals surface area contributed by atoms with E-state index in [-0.39, 0.29) is 5.41 Å². The van der Waals surface area contributed by atoms with Crippen LogP contribution in [0.1, 0.15) is 47.2 Å². The summed E-state index contributed by atoms with van der Waals surface area (Å²) in [5.41, 5.74) is 18.4. The Balaban J connectivity index is 1.08. The third kappa shape index (κ3) is 5.02. The summed E-state index contributed by atoms with van der Waals surface area (Å²) in [6.07, 6.45) is 0. The van der Waals surface area contributed by atoms with Crippen LogP contribution >= 0.6 is 0 Å². The van der Waals surface area contributed by atoms with E-state index in [1.165, 1.54) is 77.5 Å². The molecule has 1 spiro atoms. The van der Waals surface area contributed by atoms with E-state index in [1.807, 2.05) is 0 Å². The highest BCUT2D eigenvalue weighted by Gasteiger charge is 2.51. The summed E-state index contributed by atoms with van der Waals surface area (Å²) in [5.74, 6) is 0. The molecule has 0 fully saturated rings. The van der Waals surface area contributed by atoms with Gasteiger partial charge in [0.25, 0.3) is 0 Å². The molecule has 0 saturated carbocycles. The Morgan fingerprint density at radius 1 is 0.333 bits per heavy atom. The first-order valence-corrected chi connectivity index (χ1v) is 20.0. The van der Waals surface area contributed by atoms with Gasteiger partial charge in [-0.2, -0.15) is 0 Å². The van der Waals surface area contributed by atoms with Gasteiger partial charge in [0.15, 0.2) is 0 Å². The number of benzene rings is 9. The van der Waals surface area contributed by atoms with Gasteiger partial charge in [-0.05, 0) is 114 Å².